The van der Waals surface area contributed by atoms with Crippen molar-refractivity contribution in [3.63, 3.8) is 0 Å². The van der Waals surface area contributed by atoms with E-state index in [0.29, 0.717) is 24.6 Å². The van der Waals surface area contributed by atoms with E-state index in [2.05, 4.69) is 0 Å². The summed E-state index contributed by atoms with van der Waals surface area (Å²) in [7, 11) is -3.67. The number of hydrogen-bond donors (Lipinski definition) is 2. The topological polar surface area (TPSA) is 89.6 Å². The van der Waals surface area contributed by atoms with Gasteiger partial charge in [-0.05, 0) is 62.3 Å². The molecule has 26 heavy (non-hydrogen) atoms. The van der Waals surface area contributed by atoms with Crippen molar-refractivity contribution in [3.05, 3.63) is 29.8 Å². The van der Waals surface area contributed by atoms with Gasteiger partial charge in [0.15, 0.2) is 0 Å². The van der Waals surface area contributed by atoms with Gasteiger partial charge in [-0.25, -0.2) is 0 Å². The Morgan fingerprint density at radius 3 is 2.12 bits per heavy atom. The first-order valence-electron chi connectivity index (χ1n) is 8.46. The molecule has 0 unspecified atom stereocenters. The number of hydrogen-bond acceptors (Lipinski definition) is 4. The molecular formula is C17H23BF3NO4. The van der Waals surface area contributed by atoms with Crippen LogP contribution in [0.4, 0.5) is 12.9 Å². The Morgan fingerprint density at radius 1 is 1.12 bits per heavy atom. The Morgan fingerprint density at radius 2 is 1.65 bits per heavy atom. The predicted molar refractivity (Wildman–Crippen MR) is 91.6 cm³/mol. The summed E-state index contributed by atoms with van der Waals surface area (Å²) >= 11 is 0. The van der Waals surface area contributed by atoms with Crippen LogP contribution in [0.5, 0.6) is 5.75 Å². The van der Waals surface area contributed by atoms with Gasteiger partial charge < -0.3 is 15.6 Å². The molecule has 2 rings (SSSR count). The minimum absolute atomic E-state index is 0.0329. The Kier molecular flexibility index (Phi) is 9.79. The van der Waals surface area contributed by atoms with Gasteiger partial charge in [-0.2, -0.15) is 0 Å². The normalized spacial score (nSPS) is 19.1. The minimum Gasteiger partial charge on any atom is -0.481 e. The summed E-state index contributed by atoms with van der Waals surface area (Å²) < 4.78 is 34.4. The molecule has 1 fully saturated rings. The molecule has 1 aliphatic rings. The van der Waals surface area contributed by atoms with Crippen molar-refractivity contribution < 1.29 is 32.4 Å². The molecule has 3 N–H and O–H groups in total. The van der Waals surface area contributed by atoms with Gasteiger partial charge >= 0.3 is 19.5 Å². The van der Waals surface area contributed by atoms with Gasteiger partial charge in [-0.3, -0.25) is 22.5 Å². The molecule has 1 aliphatic carbocycles. The monoisotopic (exact) mass is 373 g/mol. The van der Waals surface area contributed by atoms with E-state index in [9.17, 15) is 22.5 Å². The molecule has 0 spiro atoms. The Bertz CT molecular complexity index is 561. The van der Waals surface area contributed by atoms with Crippen molar-refractivity contribution >= 4 is 19.5 Å². The van der Waals surface area contributed by atoms with Crippen LogP contribution in [-0.4, -0.2) is 31.1 Å². The van der Waals surface area contributed by atoms with Crippen molar-refractivity contribution in [3.8, 4) is 5.75 Å². The molecular weight excluding hydrogens is 350 g/mol. The first kappa shape index (κ1) is 22.0. The Balaban J connectivity index is 0.000000765. The highest BCUT2D eigenvalue weighted by molar-refractivity contribution is 6.33. The van der Waals surface area contributed by atoms with Crippen LogP contribution in [0.2, 0.25) is 0 Å². The highest BCUT2D eigenvalue weighted by Crippen LogP contribution is 2.29. The number of aliphatic carboxylic acids is 1. The lowest BCUT2D eigenvalue weighted by atomic mass is 9.82. The smallest absolute Gasteiger partial charge is 0.481 e. The van der Waals surface area contributed by atoms with Crippen LogP contribution in [0.15, 0.2) is 24.3 Å². The maximum absolute atomic E-state index is 12.1. The highest BCUT2D eigenvalue weighted by atomic mass is 19.4. The molecule has 0 atom stereocenters. The second-order valence-corrected chi connectivity index (χ2v) is 6.16. The quantitative estimate of drug-likeness (QED) is 0.454. The molecule has 0 aliphatic heterocycles. The van der Waals surface area contributed by atoms with Crippen LogP contribution in [-0.2, 0) is 16.0 Å². The molecule has 1 saturated carbocycles. The maximum Gasteiger partial charge on any atom is 0.762 e. The molecule has 0 radical (unpaired) electrons. The third-order valence-corrected chi connectivity index (χ3v) is 4.28. The number of aryl methyl sites for hydroxylation is 1. The van der Waals surface area contributed by atoms with E-state index in [0.717, 1.165) is 31.2 Å². The molecule has 0 heterocycles. The number of ether oxygens (including phenoxy) is 1. The lowest BCUT2D eigenvalue weighted by molar-refractivity contribution is -0.140. The molecule has 0 amide bonds. The lowest BCUT2D eigenvalue weighted by Gasteiger charge is -2.26. The third-order valence-electron chi connectivity index (χ3n) is 4.28. The SMILES string of the molecule is FB(F)F.NCC1CCC(C(=O)Oc2ccc(CCC(=O)O)cc2)CC1. The molecule has 0 saturated heterocycles. The van der Waals surface area contributed by atoms with E-state index in [-0.39, 0.29) is 18.3 Å². The van der Waals surface area contributed by atoms with Crippen LogP contribution in [0.1, 0.15) is 37.7 Å². The van der Waals surface area contributed by atoms with E-state index in [1.807, 2.05) is 0 Å². The summed E-state index contributed by atoms with van der Waals surface area (Å²) in [6, 6.07) is 7.05. The maximum atomic E-state index is 12.1. The van der Waals surface area contributed by atoms with Crippen LogP contribution in [0.3, 0.4) is 0 Å². The van der Waals surface area contributed by atoms with Gasteiger partial charge in [0.1, 0.15) is 5.75 Å². The molecule has 5 nitrogen and oxygen atoms in total. The first-order valence-corrected chi connectivity index (χ1v) is 8.46. The minimum atomic E-state index is -3.67. The molecule has 1 aromatic rings. The zero-order valence-electron chi connectivity index (χ0n) is 14.4. The van der Waals surface area contributed by atoms with Gasteiger partial charge in [-0.15, -0.1) is 0 Å². The number of esters is 1. The number of halogens is 3. The van der Waals surface area contributed by atoms with Crippen LogP contribution in [0.25, 0.3) is 0 Å². The van der Waals surface area contributed by atoms with Crippen molar-refractivity contribution in [1.29, 1.82) is 0 Å². The van der Waals surface area contributed by atoms with E-state index < -0.39 is 13.5 Å². The number of carbonyl (C=O) groups is 2. The number of nitrogens with two attached hydrogens (primary N) is 1. The van der Waals surface area contributed by atoms with Crippen molar-refractivity contribution in [2.45, 2.75) is 38.5 Å². The van der Waals surface area contributed by atoms with Gasteiger partial charge in [0.2, 0.25) is 0 Å². The van der Waals surface area contributed by atoms with Crippen molar-refractivity contribution in [1.82, 2.24) is 0 Å². The summed E-state index contributed by atoms with van der Waals surface area (Å²) in [6.45, 7) is 0.694. The van der Waals surface area contributed by atoms with Gasteiger partial charge in [-0.1, -0.05) is 12.1 Å². The zero-order valence-corrected chi connectivity index (χ0v) is 14.4. The molecule has 0 bridgehead atoms. The highest BCUT2D eigenvalue weighted by Gasteiger charge is 2.27. The average Bonchev–Trinajstić information content (AvgIpc) is 2.60. The molecule has 1 aromatic carbocycles. The largest absolute Gasteiger partial charge is 0.762 e. The fourth-order valence-corrected chi connectivity index (χ4v) is 2.81. The number of rotatable bonds is 6. The van der Waals surface area contributed by atoms with Crippen LogP contribution < -0.4 is 10.5 Å². The van der Waals surface area contributed by atoms with Gasteiger partial charge in [0, 0.05) is 6.42 Å². The number of carbonyl (C=O) groups excluding carboxylic acids is 1. The van der Waals surface area contributed by atoms with Gasteiger partial charge in [0.05, 0.1) is 5.92 Å². The van der Waals surface area contributed by atoms with Crippen LogP contribution >= 0.6 is 0 Å². The van der Waals surface area contributed by atoms with Crippen LogP contribution in [0, 0.1) is 11.8 Å². The number of benzene rings is 1. The summed E-state index contributed by atoms with van der Waals surface area (Å²) in [5.41, 5.74) is 6.57. The number of carboxylic acids is 1. The predicted octanol–water partition coefficient (Wildman–Crippen LogP) is 3.25. The second kappa shape index (κ2) is 11.6. The standard InChI is InChI=1S/C17H23NO4.BF3/c18-11-13-1-6-14(7-2-13)17(21)22-15-8-3-12(4-9-15)5-10-16(19)20;2-1(3)4/h3-4,8-9,13-14H,1-2,5-7,10-11,18H2,(H,19,20);. The van der Waals surface area contributed by atoms with E-state index >= 15 is 0 Å². The third kappa shape index (κ3) is 8.89. The van der Waals surface area contributed by atoms with Crippen molar-refractivity contribution in [2.24, 2.45) is 17.6 Å². The summed E-state index contributed by atoms with van der Waals surface area (Å²) in [5, 5.41) is 8.65. The van der Waals surface area contributed by atoms with Crippen molar-refractivity contribution in [2.75, 3.05) is 6.54 Å². The molecule has 144 valence electrons. The van der Waals surface area contributed by atoms with Gasteiger partial charge in [0.25, 0.3) is 0 Å². The molecule has 9 heteroatoms. The Hall–Kier alpha value is -2.03. The number of carboxylic acid groups (broad SMARTS) is 1. The summed E-state index contributed by atoms with van der Waals surface area (Å²) in [6.07, 6.45) is 4.25. The summed E-state index contributed by atoms with van der Waals surface area (Å²) in [4.78, 5) is 22.7. The zero-order chi connectivity index (χ0) is 19.5. The van der Waals surface area contributed by atoms with E-state index in [1.165, 1.54) is 0 Å². The fourth-order valence-electron chi connectivity index (χ4n) is 2.81. The summed E-state index contributed by atoms with van der Waals surface area (Å²) in [5.74, 6) is 0.0365. The van der Waals surface area contributed by atoms with E-state index in [1.54, 1.807) is 24.3 Å². The fraction of sp³-hybridized carbons (Fsp3) is 0.529. The van der Waals surface area contributed by atoms with E-state index in [4.69, 9.17) is 15.6 Å². The molecule has 0 aromatic heterocycles. The lowest BCUT2D eigenvalue weighted by Crippen LogP contribution is -2.28. The first-order chi connectivity index (χ1) is 12.3. The second-order valence-electron chi connectivity index (χ2n) is 6.16. The Labute approximate surface area is 150 Å². The average molecular weight is 373 g/mol.